The molecule has 0 aromatic carbocycles. The monoisotopic (exact) mass is 584 g/mol. The van der Waals surface area contributed by atoms with Gasteiger partial charge in [0.25, 0.3) is 5.91 Å². The molecule has 0 spiro atoms. The molecule has 11 nitrogen and oxygen atoms in total. The lowest BCUT2D eigenvalue weighted by atomic mass is 9.44. The Morgan fingerprint density at radius 3 is 2.60 bits per heavy atom. The number of aromatic nitrogens is 2. The van der Waals surface area contributed by atoms with E-state index in [4.69, 9.17) is 4.74 Å². The number of Topliss-reactive ketones (excluding diaryl/α,β-unsaturated/α-hetero) is 1. The summed E-state index contributed by atoms with van der Waals surface area (Å²) in [5.74, 6) is -1.71. The molecule has 1 amide bonds. The quantitative estimate of drug-likeness (QED) is 0.346. The fourth-order valence-electron chi connectivity index (χ4n) is 8.69. The lowest BCUT2D eigenvalue weighted by Crippen LogP contribution is -2.63. The van der Waals surface area contributed by atoms with Crippen molar-refractivity contribution >= 4 is 17.7 Å². The molecule has 3 saturated carbocycles. The Morgan fingerprint density at radius 2 is 1.95 bits per heavy atom. The number of carbonyl (C=O) groups excluding carboxylic acids is 3. The van der Waals surface area contributed by atoms with E-state index in [-0.39, 0.29) is 42.6 Å². The van der Waals surface area contributed by atoms with Crippen LogP contribution in [-0.2, 0) is 14.3 Å². The van der Waals surface area contributed by atoms with Crippen molar-refractivity contribution < 1.29 is 29.3 Å². The number of esters is 1. The molecular formula is C31H44N4O7. The third-order valence-corrected chi connectivity index (χ3v) is 11.6. The van der Waals surface area contributed by atoms with E-state index in [0.717, 1.165) is 22.6 Å². The molecular weight excluding hydrogens is 540 g/mol. The topological polar surface area (TPSA) is 151 Å². The Bertz CT molecular complexity index is 1350. The number of nitrogens with zero attached hydrogens (tertiary/aromatic N) is 3. The van der Waals surface area contributed by atoms with E-state index >= 15 is 0 Å². The van der Waals surface area contributed by atoms with Gasteiger partial charge in [-0.2, -0.15) is 5.10 Å². The van der Waals surface area contributed by atoms with E-state index in [1.807, 2.05) is 20.8 Å². The number of likely N-dealkylation sites (N-methyl/N-ethyl adjacent to an activating group) is 1. The van der Waals surface area contributed by atoms with Crippen LogP contribution in [0, 0.1) is 34.0 Å². The first-order valence-electron chi connectivity index (χ1n) is 15.0. The molecule has 230 valence electrons. The minimum Gasteiger partial charge on any atom is -0.458 e. The smallest absolute Gasteiger partial charge is 0.344 e. The largest absolute Gasteiger partial charge is 0.458 e. The molecule has 1 saturated heterocycles. The maximum atomic E-state index is 13.8. The molecule has 3 unspecified atom stereocenters. The first-order chi connectivity index (χ1) is 19.7. The zero-order valence-corrected chi connectivity index (χ0v) is 25.2. The Labute approximate surface area is 246 Å². The van der Waals surface area contributed by atoms with Crippen LogP contribution in [0.15, 0.2) is 29.7 Å². The van der Waals surface area contributed by atoms with Gasteiger partial charge in [-0.25, -0.2) is 9.80 Å². The number of ether oxygens (including phenoxy) is 1. The van der Waals surface area contributed by atoms with Crippen LogP contribution in [0.2, 0.25) is 0 Å². The summed E-state index contributed by atoms with van der Waals surface area (Å²) < 4.78 is 6.26. The van der Waals surface area contributed by atoms with Gasteiger partial charge in [0.05, 0.1) is 24.4 Å². The lowest BCUT2D eigenvalue weighted by molar-refractivity contribution is -0.192. The van der Waals surface area contributed by atoms with E-state index in [2.05, 4.69) is 23.9 Å². The van der Waals surface area contributed by atoms with Crippen LogP contribution >= 0.6 is 0 Å². The zero-order valence-electron chi connectivity index (χ0n) is 25.2. The Balaban J connectivity index is 1.52. The molecule has 1 aliphatic heterocycles. The predicted octanol–water partition coefficient (Wildman–Crippen LogP) is 1.58. The van der Waals surface area contributed by atoms with E-state index < -0.39 is 64.0 Å². The molecule has 11 heteroatoms. The summed E-state index contributed by atoms with van der Waals surface area (Å²) in [6.45, 7) is 12.4. The Morgan fingerprint density at radius 1 is 1.24 bits per heavy atom. The molecule has 3 aliphatic carbocycles. The highest BCUT2D eigenvalue weighted by Gasteiger charge is 2.68. The predicted molar refractivity (Wildman–Crippen MR) is 154 cm³/mol. The highest BCUT2D eigenvalue weighted by atomic mass is 16.5. The van der Waals surface area contributed by atoms with Gasteiger partial charge in [0, 0.05) is 36.8 Å². The highest BCUT2D eigenvalue weighted by Crippen LogP contribution is 2.68. The van der Waals surface area contributed by atoms with Crippen molar-refractivity contribution in [2.45, 2.75) is 90.6 Å². The third-order valence-electron chi connectivity index (χ3n) is 11.6. The number of ketones is 1. The van der Waals surface area contributed by atoms with Crippen LogP contribution in [0.25, 0.3) is 0 Å². The molecule has 4 aliphatic rings. The maximum Gasteiger partial charge on any atom is 0.344 e. The minimum atomic E-state index is -0.874. The summed E-state index contributed by atoms with van der Waals surface area (Å²) in [6.07, 6.45) is 3.92. The number of hydrogen-bond acceptors (Lipinski definition) is 9. The van der Waals surface area contributed by atoms with Gasteiger partial charge in [0.2, 0.25) is 0 Å². The van der Waals surface area contributed by atoms with Crippen LogP contribution < -0.4 is 15.9 Å². The average molecular weight is 585 g/mol. The number of nitrogens with one attached hydrogen (secondary N) is 1. The van der Waals surface area contributed by atoms with E-state index in [9.17, 15) is 29.4 Å². The van der Waals surface area contributed by atoms with Gasteiger partial charge in [0.1, 0.15) is 17.5 Å². The lowest BCUT2D eigenvalue weighted by Gasteiger charge is -2.61. The Kier molecular flexibility index (Phi) is 7.77. The molecule has 1 aromatic rings. The highest BCUT2D eigenvalue weighted by molar-refractivity contribution is 5.92. The van der Waals surface area contributed by atoms with Crippen molar-refractivity contribution in [3.05, 3.63) is 40.8 Å². The fraction of sp³-hybridized carbons (Fsp3) is 0.710. The van der Waals surface area contributed by atoms with E-state index in [1.165, 1.54) is 19.3 Å². The molecule has 2 heterocycles. The van der Waals surface area contributed by atoms with Crippen molar-refractivity contribution in [3.63, 3.8) is 0 Å². The van der Waals surface area contributed by atoms with E-state index in [0.29, 0.717) is 12.8 Å². The van der Waals surface area contributed by atoms with Crippen LogP contribution in [-0.4, -0.2) is 75.7 Å². The van der Waals surface area contributed by atoms with Gasteiger partial charge >= 0.3 is 11.5 Å². The number of hydrogen-bond donors (Lipinski definition) is 3. The summed E-state index contributed by atoms with van der Waals surface area (Å²) in [4.78, 5) is 54.7. The first kappa shape index (κ1) is 30.6. The molecule has 5 rings (SSSR count). The summed E-state index contributed by atoms with van der Waals surface area (Å²) in [6, 6.07) is 0.577. The van der Waals surface area contributed by atoms with Crippen molar-refractivity contribution in [2.75, 3.05) is 18.6 Å². The molecule has 42 heavy (non-hydrogen) atoms. The summed E-state index contributed by atoms with van der Waals surface area (Å²) >= 11 is 0. The van der Waals surface area contributed by atoms with Gasteiger partial charge in [-0.1, -0.05) is 33.8 Å². The van der Waals surface area contributed by atoms with E-state index in [1.54, 1.807) is 6.08 Å². The second kappa shape index (κ2) is 10.7. The van der Waals surface area contributed by atoms with Gasteiger partial charge < -0.3 is 20.3 Å². The van der Waals surface area contributed by atoms with Gasteiger partial charge in [-0.05, 0) is 55.4 Å². The molecule has 3 N–H and O–H groups in total. The zero-order chi connectivity index (χ0) is 30.8. The first-order valence-corrected chi connectivity index (χ1v) is 15.0. The van der Waals surface area contributed by atoms with Gasteiger partial charge in [-0.3, -0.25) is 14.4 Å². The number of amides is 1. The summed E-state index contributed by atoms with van der Waals surface area (Å²) in [5, 5.41) is 29.5. The van der Waals surface area contributed by atoms with Crippen molar-refractivity contribution in [2.24, 2.45) is 34.0 Å². The van der Waals surface area contributed by atoms with Crippen LogP contribution in [0.1, 0.15) is 76.6 Å². The SMILES string of the molecule is C=C[C@]1(C)C[C@@H](OC(=O)c2ccnn(N(C)C(=O)C3C[C@@H](O)CN3)c2=O)[C@]2(C)C(C)CC[C@]3(CCC(=O)C32)[C@@H](C)[C@@H]1O. The van der Waals surface area contributed by atoms with Crippen LogP contribution in [0.5, 0.6) is 0 Å². The van der Waals surface area contributed by atoms with Crippen molar-refractivity contribution in [1.29, 1.82) is 0 Å². The molecule has 4 fully saturated rings. The van der Waals surface area contributed by atoms with Crippen molar-refractivity contribution in [1.82, 2.24) is 15.2 Å². The summed E-state index contributed by atoms with van der Waals surface area (Å²) in [7, 11) is 1.38. The third kappa shape index (κ3) is 4.46. The standard InChI is InChI=1S/C31H44N4O7/c1-7-29(4)15-23(30(5)17(2)8-11-31(18(3)25(29)38)12-9-22(37)24(30)31)42-28(41)20-10-13-33-35(26(20)39)34(6)27(40)21-14-19(36)16-32-21/h7,10,13,17-19,21,23-25,32,36,38H,1,8-9,11-12,14-16H2,2-6H3/t17?,18-,19+,21?,23+,24?,25-,29+,30-,31-/m0/s1. The normalized spacial score (nSPS) is 41.4. The number of β-amino-alcohol motifs (C(OH)–C–C–N with tert-alkyl or cyclic N) is 1. The minimum absolute atomic E-state index is 0.0408. The van der Waals surface area contributed by atoms with Gasteiger partial charge in [0.15, 0.2) is 0 Å². The maximum absolute atomic E-state index is 13.8. The number of aliphatic hydroxyl groups excluding tert-OH is 2. The molecule has 10 atom stereocenters. The van der Waals surface area contributed by atoms with Crippen molar-refractivity contribution in [3.8, 4) is 0 Å². The number of rotatable bonds is 5. The fourth-order valence-corrected chi connectivity index (χ4v) is 8.69. The second-order valence-electron chi connectivity index (χ2n) is 13.6. The molecule has 2 bridgehead atoms. The van der Waals surface area contributed by atoms with Crippen LogP contribution in [0.4, 0.5) is 0 Å². The Hall–Kier alpha value is -2.89. The number of aliphatic hydroxyl groups is 2. The second-order valence-corrected chi connectivity index (χ2v) is 13.6. The molecule has 1 aromatic heterocycles. The summed E-state index contributed by atoms with van der Waals surface area (Å²) in [5.41, 5.74) is -3.07. The number of carbonyl (C=O) groups is 3. The molecule has 0 radical (unpaired) electrons. The van der Waals surface area contributed by atoms with Gasteiger partial charge in [-0.15, -0.1) is 11.4 Å². The van der Waals surface area contributed by atoms with Crippen LogP contribution in [0.3, 0.4) is 0 Å². The average Bonchev–Trinajstić information content (AvgIpc) is 3.56.